The molecule has 1 saturated carbocycles. The highest BCUT2D eigenvalue weighted by Crippen LogP contribution is 2.29. The smallest absolute Gasteiger partial charge is 0.225 e. The number of anilines is 3. The number of aliphatic imine (C=N–C) groups is 1. The molecule has 8 heteroatoms. The largest absolute Gasteiger partial charge is 0.399 e. The standard InChI is InChI=1S/C28H38N6OS/c1-4-5-6-7-8-16-30-27(36-3)25-20(2)32-28(31-18-22-10-9-11-23(29)17-22)34-26(25)33-24-14-12-21(19-35)13-15-24/h4-11,16-17,21,24,35H,12-15,18-19,29H2,1-3H3,(H2,31,32,33,34)/b5-4-,7-6-,16-8+,30-27?. The number of thioether (sulfide) groups is 1. The van der Waals surface area contributed by atoms with Crippen LogP contribution in [0, 0.1) is 12.8 Å². The number of nitrogens with zero attached hydrogens (tertiary/aromatic N) is 3. The zero-order valence-electron chi connectivity index (χ0n) is 21.4. The molecule has 0 amide bonds. The molecule has 0 spiro atoms. The van der Waals surface area contributed by atoms with E-state index in [-0.39, 0.29) is 6.61 Å². The van der Waals surface area contributed by atoms with Gasteiger partial charge in [-0.25, -0.2) is 9.98 Å². The molecule has 3 rings (SSSR count). The third-order valence-corrected chi connectivity index (χ3v) is 6.84. The maximum Gasteiger partial charge on any atom is 0.225 e. The van der Waals surface area contributed by atoms with Gasteiger partial charge in [-0.15, -0.1) is 11.8 Å². The molecular formula is C28H38N6OS. The van der Waals surface area contributed by atoms with Crippen LogP contribution in [0.3, 0.4) is 0 Å². The van der Waals surface area contributed by atoms with E-state index in [1.165, 1.54) is 0 Å². The minimum Gasteiger partial charge on any atom is -0.399 e. The van der Waals surface area contributed by atoms with Gasteiger partial charge in [0.2, 0.25) is 5.95 Å². The number of aryl methyl sites for hydroxylation is 1. The van der Waals surface area contributed by atoms with Crippen LogP contribution in [-0.2, 0) is 6.54 Å². The lowest BCUT2D eigenvalue weighted by Crippen LogP contribution is -2.29. The van der Waals surface area contributed by atoms with E-state index in [1.807, 2.05) is 74.7 Å². The number of allylic oxidation sites excluding steroid dienone is 5. The van der Waals surface area contributed by atoms with Gasteiger partial charge in [-0.2, -0.15) is 4.98 Å². The minimum atomic E-state index is 0.265. The van der Waals surface area contributed by atoms with E-state index < -0.39 is 0 Å². The lowest BCUT2D eigenvalue weighted by molar-refractivity contribution is 0.185. The number of aliphatic hydroxyl groups is 1. The maximum absolute atomic E-state index is 9.52. The molecule has 0 aliphatic heterocycles. The SMILES string of the molecule is C\C=C/C=C\C=C\N=C(SC)c1c(C)nc(NCc2cccc(N)c2)nc1NC1CCC(CO)CC1. The van der Waals surface area contributed by atoms with Crippen molar-refractivity contribution in [1.82, 2.24) is 9.97 Å². The third kappa shape index (κ3) is 8.24. The van der Waals surface area contributed by atoms with Crippen LogP contribution in [0.5, 0.6) is 0 Å². The number of rotatable bonds is 10. The predicted molar refractivity (Wildman–Crippen MR) is 155 cm³/mol. The highest BCUT2D eigenvalue weighted by Gasteiger charge is 2.24. The Morgan fingerprint density at radius 1 is 1.17 bits per heavy atom. The summed E-state index contributed by atoms with van der Waals surface area (Å²) in [5.41, 5.74) is 9.51. The second kappa shape index (κ2) is 14.5. The third-order valence-electron chi connectivity index (χ3n) is 6.15. The predicted octanol–water partition coefficient (Wildman–Crippen LogP) is 5.70. The van der Waals surface area contributed by atoms with Crippen molar-refractivity contribution in [3.05, 3.63) is 77.7 Å². The van der Waals surface area contributed by atoms with Crippen LogP contribution in [0.15, 0.2) is 65.8 Å². The summed E-state index contributed by atoms with van der Waals surface area (Å²) in [6.45, 7) is 4.83. The average Bonchev–Trinajstić information content (AvgIpc) is 2.88. The van der Waals surface area contributed by atoms with E-state index in [9.17, 15) is 5.11 Å². The van der Waals surface area contributed by atoms with Crippen LogP contribution in [0.2, 0.25) is 0 Å². The van der Waals surface area contributed by atoms with Gasteiger partial charge in [0.15, 0.2) is 0 Å². The quantitative estimate of drug-likeness (QED) is 0.142. The first-order valence-corrected chi connectivity index (χ1v) is 13.7. The monoisotopic (exact) mass is 506 g/mol. The van der Waals surface area contributed by atoms with E-state index in [1.54, 1.807) is 18.0 Å². The molecule has 1 fully saturated rings. The summed E-state index contributed by atoms with van der Waals surface area (Å²) in [5, 5.41) is 17.4. The van der Waals surface area contributed by atoms with Crippen molar-refractivity contribution >= 4 is 34.3 Å². The fourth-order valence-electron chi connectivity index (χ4n) is 4.20. The molecule has 0 bridgehead atoms. The first kappa shape index (κ1) is 27.5. The molecule has 1 aromatic heterocycles. The summed E-state index contributed by atoms with van der Waals surface area (Å²) in [5.74, 6) is 1.75. The minimum absolute atomic E-state index is 0.265. The van der Waals surface area contributed by atoms with Crippen LogP contribution in [0.25, 0.3) is 0 Å². The molecule has 0 atom stereocenters. The van der Waals surface area contributed by atoms with E-state index >= 15 is 0 Å². The summed E-state index contributed by atoms with van der Waals surface area (Å²) in [4.78, 5) is 14.4. The number of nitrogens with one attached hydrogen (secondary N) is 2. The first-order valence-electron chi connectivity index (χ1n) is 12.4. The van der Waals surface area contributed by atoms with E-state index in [4.69, 9.17) is 20.7 Å². The van der Waals surface area contributed by atoms with Crippen LogP contribution >= 0.6 is 11.8 Å². The fraction of sp³-hybridized carbons (Fsp3) is 0.393. The Bertz CT molecular complexity index is 1100. The molecule has 0 saturated heterocycles. The van der Waals surface area contributed by atoms with Gasteiger partial charge < -0.3 is 21.5 Å². The van der Waals surface area contributed by atoms with E-state index in [2.05, 4.69) is 10.6 Å². The first-order chi connectivity index (χ1) is 17.5. The summed E-state index contributed by atoms with van der Waals surface area (Å²) in [6, 6.07) is 8.09. The van der Waals surface area contributed by atoms with Crippen LogP contribution in [0.4, 0.5) is 17.5 Å². The molecule has 5 N–H and O–H groups in total. The topological polar surface area (TPSA) is 108 Å². The van der Waals surface area contributed by atoms with Gasteiger partial charge in [0.1, 0.15) is 10.9 Å². The molecule has 0 unspecified atom stereocenters. The average molecular weight is 507 g/mol. The number of benzene rings is 1. The molecule has 1 heterocycles. The number of aliphatic hydroxyl groups excluding tert-OH is 1. The number of hydrogen-bond acceptors (Lipinski definition) is 8. The summed E-state index contributed by atoms with van der Waals surface area (Å²) >= 11 is 1.58. The van der Waals surface area contributed by atoms with E-state index in [0.717, 1.165) is 59.1 Å². The number of nitrogen functional groups attached to an aromatic ring is 1. The van der Waals surface area contributed by atoms with Crippen molar-refractivity contribution in [2.45, 2.75) is 52.1 Å². The maximum atomic E-state index is 9.52. The van der Waals surface area contributed by atoms with Crippen molar-refractivity contribution in [2.75, 3.05) is 29.2 Å². The second-order valence-electron chi connectivity index (χ2n) is 8.89. The molecule has 192 valence electrons. The Labute approximate surface area is 219 Å². The molecule has 0 radical (unpaired) electrons. The highest BCUT2D eigenvalue weighted by atomic mass is 32.2. The molecule has 7 nitrogen and oxygen atoms in total. The lowest BCUT2D eigenvalue weighted by Gasteiger charge is -2.29. The van der Waals surface area contributed by atoms with Crippen molar-refractivity contribution in [3.63, 3.8) is 0 Å². The van der Waals surface area contributed by atoms with Crippen LogP contribution < -0.4 is 16.4 Å². The van der Waals surface area contributed by atoms with Gasteiger partial charge in [0, 0.05) is 31.1 Å². The molecule has 1 aliphatic carbocycles. The number of nitrogens with two attached hydrogens (primary N) is 1. The van der Waals surface area contributed by atoms with Crippen LogP contribution in [-0.4, -0.2) is 39.0 Å². The highest BCUT2D eigenvalue weighted by molar-refractivity contribution is 8.13. The molecule has 36 heavy (non-hydrogen) atoms. The lowest BCUT2D eigenvalue weighted by atomic mass is 9.86. The van der Waals surface area contributed by atoms with Gasteiger partial charge >= 0.3 is 0 Å². The van der Waals surface area contributed by atoms with E-state index in [0.29, 0.717) is 24.5 Å². The Morgan fingerprint density at radius 2 is 1.94 bits per heavy atom. The normalized spacial score (nSPS) is 18.9. The Kier molecular flexibility index (Phi) is 11.0. The van der Waals surface area contributed by atoms with Crippen molar-refractivity contribution in [3.8, 4) is 0 Å². The van der Waals surface area contributed by atoms with Crippen molar-refractivity contribution in [2.24, 2.45) is 10.9 Å². The van der Waals surface area contributed by atoms with Gasteiger partial charge in [0.05, 0.1) is 11.3 Å². The molecular weight excluding hydrogens is 468 g/mol. The van der Waals surface area contributed by atoms with Gasteiger partial charge in [-0.05, 0) is 75.5 Å². The Hall–Kier alpha value is -3.10. The Morgan fingerprint density at radius 3 is 2.64 bits per heavy atom. The van der Waals surface area contributed by atoms with Gasteiger partial charge in [-0.3, -0.25) is 0 Å². The summed E-state index contributed by atoms with van der Waals surface area (Å²) in [6.07, 6.45) is 17.6. The molecule has 1 aromatic carbocycles. The van der Waals surface area contributed by atoms with Crippen molar-refractivity contribution < 1.29 is 5.11 Å². The van der Waals surface area contributed by atoms with Gasteiger partial charge in [0.25, 0.3) is 0 Å². The zero-order chi connectivity index (χ0) is 25.8. The summed E-state index contributed by atoms with van der Waals surface area (Å²) in [7, 11) is 0. The number of aromatic nitrogens is 2. The molecule has 2 aromatic rings. The molecule has 1 aliphatic rings. The van der Waals surface area contributed by atoms with Gasteiger partial charge in [-0.1, -0.05) is 36.4 Å². The zero-order valence-corrected chi connectivity index (χ0v) is 22.3. The summed E-state index contributed by atoms with van der Waals surface area (Å²) < 4.78 is 0. The second-order valence-corrected chi connectivity index (χ2v) is 9.68. The van der Waals surface area contributed by atoms with Crippen LogP contribution in [0.1, 0.15) is 49.4 Å². The fourth-order valence-corrected chi connectivity index (χ4v) is 4.81. The number of hydrogen-bond donors (Lipinski definition) is 4. The Balaban J connectivity index is 1.88. The van der Waals surface area contributed by atoms with Crippen molar-refractivity contribution in [1.29, 1.82) is 0 Å².